The fraction of sp³-hybridized carbons (Fsp3) is 0.526. The van der Waals surface area contributed by atoms with Crippen LogP contribution in [0.5, 0.6) is 0 Å². The SMILES string of the molecule is C=C1C(=O)O[C@H]2C/C(C=O)=C\CC/C(COC(=O)C(C)C)=C/C[C@H]12. The maximum atomic E-state index is 11.8. The van der Waals surface area contributed by atoms with E-state index in [4.69, 9.17) is 9.47 Å². The van der Waals surface area contributed by atoms with Crippen molar-refractivity contribution in [3.05, 3.63) is 35.5 Å². The zero-order valence-electron chi connectivity index (χ0n) is 14.2. The Kier molecular flexibility index (Phi) is 6.12. The minimum Gasteiger partial charge on any atom is -0.461 e. The molecule has 2 aliphatic rings. The van der Waals surface area contributed by atoms with Crippen molar-refractivity contribution >= 4 is 18.2 Å². The van der Waals surface area contributed by atoms with Crippen LogP contribution in [0.3, 0.4) is 0 Å². The molecule has 0 bridgehead atoms. The smallest absolute Gasteiger partial charge is 0.334 e. The molecule has 0 saturated carbocycles. The van der Waals surface area contributed by atoms with E-state index in [1.54, 1.807) is 13.8 Å². The van der Waals surface area contributed by atoms with Crippen molar-refractivity contribution in [1.29, 1.82) is 0 Å². The minimum absolute atomic E-state index is 0.144. The molecule has 1 aliphatic heterocycles. The van der Waals surface area contributed by atoms with Gasteiger partial charge in [-0.3, -0.25) is 9.59 Å². The largest absolute Gasteiger partial charge is 0.461 e. The maximum absolute atomic E-state index is 11.8. The van der Waals surface area contributed by atoms with Crippen LogP contribution in [0.25, 0.3) is 0 Å². The van der Waals surface area contributed by atoms with E-state index in [1.807, 2.05) is 12.2 Å². The van der Waals surface area contributed by atoms with Crippen molar-refractivity contribution in [3.63, 3.8) is 0 Å². The van der Waals surface area contributed by atoms with Crippen LogP contribution in [-0.2, 0) is 23.9 Å². The topological polar surface area (TPSA) is 69.7 Å². The summed E-state index contributed by atoms with van der Waals surface area (Å²) < 4.78 is 10.7. The molecule has 2 atom stereocenters. The van der Waals surface area contributed by atoms with Gasteiger partial charge >= 0.3 is 11.9 Å². The average molecular weight is 332 g/mol. The lowest BCUT2D eigenvalue weighted by Gasteiger charge is -2.19. The summed E-state index contributed by atoms with van der Waals surface area (Å²) in [4.78, 5) is 34.7. The summed E-state index contributed by atoms with van der Waals surface area (Å²) in [6.07, 6.45) is 6.75. The third kappa shape index (κ3) is 4.43. The fourth-order valence-electron chi connectivity index (χ4n) is 2.86. The van der Waals surface area contributed by atoms with Gasteiger partial charge in [0, 0.05) is 17.9 Å². The molecular weight excluding hydrogens is 308 g/mol. The first-order chi connectivity index (χ1) is 11.4. The van der Waals surface area contributed by atoms with E-state index >= 15 is 0 Å². The second kappa shape index (κ2) is 8.08. The second-order valence-corrected chi connectivity index (χ2v) is 6.58. The number of ether oxygens (including phenoxy) is 2. The Bertz CT molecular complexity index is 597. The molecule has 0 amide bonds. The average Bonchev–Trinajstić information content (AvgIpc) is 2.82. The van der Waals surface area contributed by atoms with Crippen LogP contribution in [0, 0.1) is 11.8 Å². The van der Waals surface area contributed by atoms with E-state index in [1.165, 1.54) is 0 Å². The predicted octanol–water partition coefficient (Wildman–Crippen LogP) is 2.91. The molecule has 0 aromatic rings. The van der Waals surface area contributed by atoms with Gasteiger partial charge in [0.25, 0.3) is 0 Å². The van der Waals surface area contributed by atoms with Gasteiger partial charge < -0.3 is 9.47 Å². The second-order valence-electron chi connectivity index (χ2n) is 6.58. The highest BCUT2D eigenvalue weighted by molar-refractivity contribution is 5.91. The van der Waals surface area contributed by atoms with Gasteiger partial charge in [-0.25, -0.2) is 4.79 Å². The number of allylic oxidation sites excluding steroid dienone is 2. The summed E-state index contributed by atoms with van der Waals surface area (Å²) in [5, 5.41) is 0. The molecule has 1 fully saturated rings. The Morgan fingerprint density at radius 3 is 2.88 bits per heavy atom. The van der Waals surface area contributed by atoms with Gasteiger partial charge in [-0.05, 0) is 30.4 Å². The monoisotopic (exact) mass is 332 g/mol. The molecule has 24 heavy (non-hydrogen) atoms. The standard InChI is InChI=1S/C19H24O5/c1-12(2)18(21)23-11-14-5-4-6-15(10-20)9-17-16(8-7-14)13(3)19(22)24-17/h6-7,10,12,16-17H,3-5,8-9,11H2,1-2H3/b14-7-,15-6+/t16-,17+/m1/s1. The van der Waals surface area contributed by atoms with E-state index in [9.17, 15) is 14.4 Å². The van der Waals surface area contributed by atoms with Crippen LogP contribution in [0.15, 0.2) is 35.5 Å². The highest BCUT2D eigenvalue weighted by Gasteiger charge is 2.38. The Morgan fingerprint density at radius 1 is 1.46 bits per heavy atom. The number of carbonyl (C=O) groups is 3. The van der Waals surface area contributed by atoms with E-state index < -0.39 is 5.97 Å². The summed E-state index contributed by atoms with van der Waals surface area (Å²) in [7, 11) is 0. The van der Waals surface area contributed by atoms with Crippen molar-refractivity contribution in [2.45, 2.75) is 45.6 Å². The molecule has 1 heterocycles. The lowest BCUT2D eigenvalue weighted by molar-refractivity contribution is -0.146. The first-order valence-electron chi connectivity index (χ1n) is 8.31. The Hall–Kier alpha value is -2.17. The zero-order valence-corrected chi connectivity index (χ0v) is 14.2. The number of fused-ring (bicyclic) bond motifs is 1. The van der Waals surface area contributed by atoms with E-state index in [0.717, 1.165) is 11.9 Å². The van der Waals surface area contributed by atoms with E-state index in [-0.39, 0.29) is 30.5 Å². The van der Waals surface area contributed by atoms with Crippen LogP contribution in [0.1, 0.15) is 39.5 Å². The van der Waals surface area contributed by atoms with E-state index in [0.29, 0.717) is 36.8 Å². The van der Waals surface area contributed by atoms with Gasteiger partial charge in [-0.2, -0.15) is 0 Å². The van der Waals surface area contributed by atoms with E-state index in [2.05, 4.69) is 6.58 Å². The summed E-state index contributed by atoms with van der Waals surface area (Å²) in [6, 6.07) is 0. The molecule has 5 nitrogen and oxygen atoms in total. The Morgan fingerprint density at radius 2 is 2.21 bits per heavy atom. The lowest BCUT2D eigenvalue weighted by Crippen LogP contribution is -2.19. The number of aldehydes is 1. The maximum Gasteiger partial charge on any atom is 0.334 e. The zero-order chi connectivity index (χ0) is 17.7. The molecule has 5 heteroatoms. The minimum atomic E-state index is -0.393. The molecule has 130 valence electrons. The van der Waals surface area contributed by atoms with Crippen LogP contribution in [0.2, 0.25) is 0 Å². The first kappa shape index (κ1) is 18.2. The third-order valence-electron chi connectivity index (χ3n) is 4.41. The Labute approximate surface area is 142 Å². The number of hydrogen-bond acceptors (Lipinski definition) is 5. The highest BCUT2D eigenvalue weighted by atomic mass is 16.6. The van der Waals surface area contributed by atoms with Crippen molar-refractivity contribution in [2.24, 2.45) is 11.8 Å². The number of rotatable bonds is 4. The van der Waals surface area contributed by atoms with Crippen LogP contribution in [0.4, 0.5) is 0 Å². The number of carbonyl (C=O) groups excluding carboxylic acids is 3. The predicted molar refractivity (Wildman–Crippen MR) is 89.0 cm³/mol. The Balaban J connectivity index is 2.15. The lowest BCUT2D eigenvalue weighted by atomic mass is 9.88. The van der Waals surface area contributed by atoms with Crippen molar-refractivity contribution < 1.29 is 23.9 Å². The fourth-order valence-corrected chi connectivity index (χ4v) is 2.86. The molecule has 1 aliphatic carbocycles. The number of hydrogen-bond donors (Lipinski definition) is 0. The number of esters is 2. The molecule has 0 spiro atoms. The molecule has 1 saturated heterocycles. The van der Waals surface area contributed by atoms with Crippen molar-refractivity contribution in [1.82, 2.24) is 0 Å². The van der Waals surface area contributed by atoms with Gasteiger partial charge in [0.15, 0.2) is 0 Å². The van der Waals surface area contributed by atoms with Gasteiger partial charge in [-0.1, -0.05) is 32.6 Å². The third-order valence-corrected chi connectivity index (χ3v) is 4.41. The quantitative estimate of drug-likeness (QED) is 0.343. The highest BCUT2D eigenvalue weighted by Crippen LogP contribution is 2.34. The molecule has 0 aromatic heterocycles. The van der Waals surface area contributed by atoms with Gasteiger partial charge in [-0.15, -0.1) is 0 Å². The van der Waals surface area contributed by atoms with Crippen molar-refractivity contribution in [3.8, 4) is 0 Å². The van der Waals surface area contributed by atoms with Crippen LogP contribution < -0.4 is 0 Å². The first-order valence-corrected chi connectivity index (χ1v) is 8.31. The summed E-state index contributed by atoms with van der Waals surface area (Å²) in [5.41, 5.74) is 2.06. The van der Waals surface area contributed by atoms with Gasteiger partial charge in [0.1, 0.15) is 19.0 Å². The molecular formula is C19H24O5. The normalized spacial score (nSPS) is 29.0. The summed E-state index contributed by atoms with van der Waals surface area (Å²) >= 11 is 0. The van der Waals surface area contributed by atoms with Gasteiger partial charge in [0.2, 0.25) is 0 Å². The molecule has 0 aromatic carbocycles. The summed E-state index contributed by atoms with van der Waals surface area (Å²) in [6.45, 7) is 7.64. The molecule has 2 rings (SSSR count). The van der Waals surface area contributed by atoms with Crippen LogP contribution in [-0.4, -0.2) is 30.9 Å². The summed E-state index contributed by atoms with van der Waals surface area (Å²) in [5.74, 6) is -0.944. The van der Waals surface area contributed by atoms with Gasteiger partial charge in [0.05, 0.1) is 5.92 Å². The molecule has 0 radical (unpaired) electrons. The molecule has 0 N–H and O–H groups in total. The molecule has 0 unspecified atom stereocenters. The van der Waals surface area contributed by atoms with Crippen LogP contribution >= 0.6 is 0 Å². The van der Waals surface area contributed by atoms with Crippen molar-refractivity contribution in [2.75, 3.05) is 6.61 Å².